The summed E-state index contributed by atoms with van der Waals surface area (Å²) in [5.74, 6) is -0.527. The summed E-state index contributed by atoms with van der Waals surface area (Å²) in [5, 5.41) is 8.82. The van der Waals surface area contributed by atoms with Crippen molar-refractivity contribution in [3.63, 3.8) is 0 Å². The highest BCUT2D eigenvalue weighted by atomic mass is 32.1. The first-order chi connectivity index (χ1) is 8.92. The molecule has 1 rings (SSSR count). The van der Waals surface area contributed by atoms with E-state index in [0.29, 0.717) is 11.1 Å². The number of hydrogen-bond donors (Lipinski definition) is 2. The van der Waals surface area contributed by atoms with Gasteiger partial charge in [-0.1, -0.05) is 12.2 Å². The molecule has 3 nitrogen and oxygen atoms in total. The molecule has 0 amide bonds. The maximum atomic E-state index is 13.4. The number of nitrogens with zero attached hydrogens (tertiary/aromatic N) is 1. The van der Waals surface area contributed by atoms with E-state index in [1.807, 2.05) is 0 Å². The minimum atomic E-state index is -2.52. The molecule has 0 aliphatic rings. The summed E-state index contributed by atoms with van der Waals surface area (Å²) in [5.41, 5.74) is 6.25. The van der Waals surface area contributed by atoms with Gasteiger partial charge in [0, 0.05) is 18.7 Å². The van der Waals surface area contributed by atoms with E-state index in [2.05, 4.69) is 0 Å². The average Bonchev–Trinajstić information content (AvgIpc) is 2.27. The molecule has 0 aliphatic carbocycles. The summed E-state index contributed by atoms with van der Waals surface area (Å²) in [6.45, 7) is -0.550. The standard InChI is InChI=1S/C12H15F3N2OS/c13-10-4-8(3-9(5-10)12(16)19)6-17(1-2-18)7-11(14)15/h3-5,11,18H,1-2,6-7H2,(H2,16,19). The van der Waals surface area contributed by atoms with E-state index in [-0.39, 0.29) is 24.7 Å². The quantitative estimate of drug-likeness (QED) is 0.748. The van der Waals surface area contributed by atoms with E-state index in [1.54, 1.807) is 6.07 Å². The van der Waals surface area contributed by atoms with Crippen molar-refractivity contribution in [2.24, 2.45) is 5.73 Å². The molecule has 0 saturated heterocycles. The Morgan fingerprint density at radius 3 is 2.58 bits per heavy atom. The predicted molar refractivity (Wildman–Crippen MR) is 70.7 cm³/mol. The zero-order chi connectivity index (χ0) is 14.4. The molecule has 106 valence electrons. The Kier molecular flexibility index (Phi) is 6.20. The summed E-state index contributed by atoms with van der Waals surface area (Å²) in [7, 11) is 0. The highest BCUT2D eigenvalue weighted by molar-refractivity contribution is 7.80. The smallest absolute Gasteiger partial charge is 0.251 e. The first kappa shape index (κ1) is 15.9. The highest BCUT2D eigenvalue weighted by Gasteiger charge is 2.13. The lowest BCUT2D eigenvalue weighted by Crippen LogP contribution is -2.31. The van der Waals surface area contributed by atoms with Crippen LogP contribution in [-0.2, 0) is 6.54 Å². The number of halogens is 3. The second kappa shape index (κ2) is 7.42. The summed E-state index contributed by atoms with van der Waals surface area (Å²) in [6, 6.07) is 3.98. The Bertz CT molecular complexity index is 443. The molecule has 0 radical (unpaired) electrons. The third-order valence-corrected chi connectivity index (χ3v) is 2.70. The highest BCUT2D eigenvalue weighted by Crippen LogP contribution is 2.12. The molecule has 0 atom stereocenters. The lowest BCUT2D eigenvalue weighted by atomic mass is 10.1. The second-order valence-corrected chi connectivity index (χ2v) is 4.50. The number of aliphatic hydroxyl groups excluding tert-OH is 1. The van der Waals surface area contributed by atoms with Crippen molar-refractivity contribution < 1.29 is 18.3 Å². The largest absolute Gasteiger partial charge is 0.395 e. The summed E-state index contributed by atoms with van der Waals surface area (Å²) in [6.07, 6.45) is -2.52. The molecule has 0 aliphatic heterocycles. The zero-order valence-electron chi connectivity index (χ0n) is 10.2. The summed E-state index contributed by atoms with van der Waals surface area (Å²) >= 11 is 4.75. The molecule has 0 fully saturated rings. The number of thiocarbonyl (C=S) groups is 1. The normalized spacial score (nSPS) is 11.3. The molecule has 19 heavy (non-hydrogen) atoms. The number of aliphatic hydroxyl groups is 1. The molecule has 0 heterocycles. The van der Waals surface area contributed by atoms with E-state index in [0.717, 1.165) is 0 Å². The monoisotopic (exact) mass is 292 g/mol. The lowest BCUT2D eigenvalue weighted by Gasteiger charge is -2.21. The van der Waals surface area contributed by atoms with Gasteiger partial charge >= 0.3 is 0 Å². The molecular formula is C12H15F3N2OS. The van der Waals surface area contributed by atoms with Gasteiger partial charge in [0.1, 0.15) is 10.8 Å². The van der Waals surface area contributed by atoms with Gasteiger partial charge in [0.25, 0.3) is 6.43 Å². The van der Waals surface area contributed by atoms with Crippen LogP contribution in [0.2, 0.25) is 0 Å². The van der Waals surface area contributed by atoms with Crippen molar-refractivity contribution in [2.75, 3.05) is 19.7 Å². The Balaban J connectivity index is 2.86. The molecule has 3 N–H and O–H groups in total. The lowest BCUT2D eigenvalue weighted by molar-refractivity contribution is 0.0746. The molecule has 0 spiro atoms. The van der Waals surface area contributed by atoms with Gasteiger partial charge in [-0.2, -0.15) is 0 Å². The zero-order valence-corrected chi connectivity index (χ0v) is 11.0. The molecule has 1 aromatic carbocycles. The van der Waals surface area contributed by atoms with Crippen molar-refractivity contribution in [2.45, 2.75) is 13.0 Å². The third-order valence-electron chi connectivity index (χ3n) is 2.46. The van der Waals surface area contributed by atoms with E-state index in [1.165, 1.54) is 17.0 Å². The fourth-order valence-corrected chi connectivity index (χ4v) is 1.83. The number of hydrogen-bond acceptors (Lipinski definition) is 3. The third kappa shape index (κ3) is 5.54. The number of nitrogens with two attached hydrogens (primary N) is 1. The maximum Gasteiger partial charge on any atom is 0.251 e. The fraction of sp³-hybridized carbons (Fsp3) is 0.417. The van der Waals surface area contributed by atoms with Gasteiger partial charge in [-0.05, 0) is 23.8 Å². The fourth-order valence-electron chi connectivity index (χ4n) is 1.71. The first-order valence-corrected chi connectivity index (χ1v) is 6.04. The minimum absolute atomic E-state index is 0.0447. The summed E-state index contributed by atoms with van der Waals surface area (Å²) < 4.78 is 38.1. The average molecular weight is 292 g/mol. The predicted octanol–water partition coefficient (Wildman–Crippen LogP) is 1.52. The van der Waals surface area contributed by atoms with Crippen LogP contribution in [0.15, 0.2) is 18.2 Å². The van der Waals surface area contributed by atoms with E-state index in [9.17, 15) is 13.2 Å². The van der Waals surface area contributed by atoms with Gasteiger partial charge in [0.2, 0.25) is 0 Å². The van der Waals surface area contributed by atoms with Crippen LogP contribution in [0.1, 0.15) is 11.1 Å². The van der Waals surface area contributed by atoms with E-state index < -0.39 is 18.8 Å². The van der Waals surface area contributed by atoms with Gasteiger partial charge < -0.3 is 10.8 Å². The summed E-state index contributed by atoms with van der Waals surface area (Å²) in [4.78, 5) is 1.38. The van der Waals surface area contributed by atoms with E-state index in [4.69, 9.17) is 23.1 Å². The van der Waals surface area contributed by atoms with Gasteiger partial charge in [0.05, 0.1) is 13.2 Å². The Morgan fingerprint density at radius 1 is 1.37 bits per heavy atom. The van der Waals surface area contributed by atoms with Crippen LogP contribution in [0, 0.1) is 5.82 Å². The SMILES string of the molecule is NC(=S)c1cc(F)cc(CN(CCO)CC(F)F)c1. The van der Waals surface area contributed by atoms with Crippen molar-refractivity contribution in [1.29, 1.82) is 0 Å². The molecule has 7 heteroatoms. The molecule has 0 bridgehead atoms. The van der Waals surface area contributed by atoms with Crippen LogP contribution < -0.4 is 5.73 Å². The van der Waals surface area contributed by atoms with Crippen molar-refractivity contribution in [3.8, 4) is 0 Å². The van der Waals surface area contributed by atoms with Crippen LogP contribution in [0.3, 0.4) is 0 Å². The Hall–Kier alpha value is -1.18. The molecule has 0 saturated carbocycles. The second-order valence-electron chi connectivity index (χ2n) is 4.06. The molecule has 0 aromatic heterocycles. The van der Waals surface area contributed by atoms with Crippen LogP contribution in [0.5, 0.6) is 0 Å². The van der Waals surface area contributed by atoms with Crippen molar-refractivity contribution in [3.05, 3.63) is 35.1 Å². The Morgan fingerprint density at radius 2 is 2.05 bits per heavy atom. The minimum Gasteiger partial charge on any atom is -0.395 e. The van der Waals surface area contributed by atoms with Gasteiger partial charge in [0.15, 0.2) is 0 Å². The topological polar surface area (TPSA) is 49.5 Å². The molecular weight excluding hydrogens is 277 g/mol. The van der Waals surface area contributed by atoms with Gasteiger partial charge in [-0.15, -0.1) is 0 Å². The van der Waals surface area contributed by atoms with Crippen molar-refractivity contribution >= 4 is 17.2 Å². The number of benzene rings is 1. The van der Waals surface area contributed by atoms with Crippen LogP contribution >= 0.6 is 12.2 Å². The van der Waals surface area contributed by atoms with Crippen LogP contribution in [0.4, 0.5) is 13.2 Å². The van der Waals surface area contributed by atoms with E-state index >= 15 is 0 Å². The van der Waals surface area contributed by atoms with Crippen LogP contribution in [-0.4, -0.2) is 41.1 Å². The van der Waals surface area contributed by atoms with Gasteiger partial charge in [-0.25, -0.2) is 13.2 Å². The maximum absolute atomic E-state index is 13.4. The molecule has 1 aromatic rings. The van der Waals surface area contributed by atoms with Gasteiger partial charge in [-0.3, -0.25) is 4.90 Å². The van der Waals surface area contributed by atoms with Crippen molar-refractivity contribution in [1.82, 2.24) is 4.90 Å². The first-order valence-electron chi connectivity index (χ1n) is 5.63. The van der Waals surface area contributed by atoms with Crippen LogP contribution in [0.25, 0.3) is 0 Å². The number of alkyl halides is 2. The molecule has 0 unspecified atom stereocenters. The number of rotatable bonds is 7. The Labute approximate surface area is 114 Å².